The van der Waals surface area contributed by atoms with E-state index in [4.69, 9.17) is 5.11 Å². The molecule has 0 saturated heterocycles. The van der Waals surface area contributed by atoms with E-state index in [0.29, 0.717) is 29.8 Å². The fourth-order valence-electron chi connectivity index (χ4n) is 1.74. The smallest absolute Gasteiger partial charge is 0.423 e. The van der Waals surface area contributed by atoms with Crippen LogP contribution in [0.4, 0.5) is 10.5 Å². The van der Waals surface area contributed by atoms with E-state index < -0.39 is 6.09 Å². The number of carboxylic acid groups (broad SMARTS) is 1. The van der Waals surface area contributed by atoms with Crippen molar-refractivity contribution in [2.45, 2.75) is 6.42 Å². The molecular formula is C14H13N3O3. The van der Waals surface area contributed by atoms with Crippen molar-refractivity contribution >= 4 is 18.1 Å². The lowest BCUT2D eigenvalue weighted by molar-refractivity contribution is 0.111. The first-order valence-electron chi connectivity index (χ1n) is 5.93. The number of benzene rings is 1. The summed E-state index contributed by atoms with van der Waals surface area (Å²) in [5.41, 5.74) is 7.05. The van der Waals surface area contributed by atoms with Crippen molar-refractivity contribution in [1.29, 1.82) is 0 Å². The maximum absolute atomic E-state index is 10.8. The number of aromatic nitrogens is 1. The number of carbonyl (C=O) groups is 2. The Kier molecular flexibility index (Phi) is 4.28. The van der Waals surface area contributed by atoms with E-state index in [9.17, 15) is 9.59 Å². The Morgan fingerprint density at radius 3 is 2.60 bits per heavy atom. The fraction of sp³-hybridized carbons (Fsp3) is 0.0714. The molecule has 1 amide bonds. The summed E-state index contributed by atoms with van der Waals surface area (Å²) in [7, 11) is 0. The highest BCUT2D eigenvalue weighted by molar-refractivity contribution is 5.73. The van der Waals surface area contributed by atoms with E-state index in [0.717, 1.165) is 5.56 Å². The third-order valence-corrected chi connectivity index (χ3v) is 2.63. The molecule has 3 N–H and O–H groups in total. The topological polar surface area (TPSA) is 91.3 Å². The van der Waals surface area contributed by atoms with Crippen LogP contribution in [0.1, 0.15) is 21.7 Å². The van der Waals surface area contributed by atoms with Crippen LogP contribution < -0.4 is 10.9 Å². The number of nitrogens with one attached hydrogen (secondary N) is 2. The fourth-order valence-corrected chi connectivity index (χ4v) is 1.74. The second-order valence-electron chi connectivity index (χ2n) is 4.07. The molecule has 0 spiro atoms. The van der Waals surface area contributed by atoms with Crippen LogP contribution in [0.5, 0.6) is 0 Å². The van der Waals surface area contributed by atoms with Gasteiger partial charge >= 0.3 is 6.09 Å². The van der Waals surface area contributed by atoms with Crippen molar-refractivity contribution in [3.63, 3.8) is 0 Å². The number of carbonyl (C=O) groups excluding carboxylic acids is 1. The summed E-state index contributed by atoms with van der Waals surface area (Å²) in [6, 6.07) is 12.7. The normalized spacial score (nSPS) is 9.80. The van der Waals surface area contributed by atoms with Crippen LogP contribution in [0.3, 0.4) is 0 Å². The molecule has 1 heterocycles. The molecule has 0 saturated carbocycles. The number of hydrogen-bond acceptors (Lipinski definition) is 4. The predicted molar refractivity (Wildman–Crippen MR) is 73.7 cm³/mol. The zero-order valence-corrected chi connectivity index (χ0v) is 10.5. The Morgan fingerprint density at radius 2 is 1.95 bits per heavy atom. The van der Waals surface area contributed by atoms with E-state index in [-0.39, 0.29) is 0 Å². The molecule has 6 nitrogen and oxygen atoms in total. The predicted octanol–water partition coefficient (Wildman–Crippen LogP) is 2.08. The molecule has 0 bridgehead atoms. The summed E-state index contributed by atoms with van der Waals surface area (Å²) >= 11 is 0. The van der Waals surface area contributed by atoms with Gasteiger partial charge in [-0.05, 0) is 17.7 Å². The molecular weight excluding hydrogens is 258 g/mol. The van der Waals surface area contributed by atoms with Crippen molar-refractivity contribution in [2.24, 2.45) is 0 Å². The Bertz CT molecular complexity index is 614. The minimum Gasteiger partial charge on any atom is -0.464 e. The average molecular weight is 271 g/mol. The van der Waals surface area contributed by atoms with Gasteiger partial charge in [-0.1, -0.05) is 30.3 Å². The Balaban J connectivity index is 2.27. The monoisotopic (exact) mass is 271 g/mol. The van der Waals surface area contributed by atoms with E-state index in [1.165, 1.54) is 6.07 Å². The van der Waals surface area contributed by atoms with Gasteiger partial charge in [0.15, 0.2) is 6.29 Å². The van der Waals surface area contributed by atoms with Crippen LogP contribution >= 0.6 is 0 Å². The Hall–Kier alpha value is -2.89. The number of aldehydes is 1. The van der Waals surface area contributed by atoms with Gasteiger partial charge in [-0.25, -0.2) is 15.2 Å². The van der Waals surface area contributed by atoms with Gasteiger partial charge in [-0.15, -0.1) is 0 Å². The first-order chi connectivity index (χ1) is 9.69. The summed E-state index contributed by atoms with van der Waals surface area (Å²) in [4.78, 5) is 25.5. The molecule has 20 heavy (non-hydrogen) atoms. The van der Waals surface area contributed by atoms with Crippen molar-refractivity contribution < 1.29 is 14.7 Å². The van der Waals surface area contributed by atoms with Gasteiger partial charge in [0.2, 0.25) is 0 Å². The Labute approximate surface area is 115 Å². The summed E-state index contributed by atoms with van der Waals surface area (Å²) in [5.74, 6) is 0. The standard InChI is InChI=1S/C14H13N3O3/c18-9-11-6-7-12(16-17-14(19)20)13(15-11)8-10-4-2-1-3-5-10/h1-7,9,16-17H,8H2,(H,19,20). The molecule has 0 aliphatic heterocycles. The number of pyridine rings is 1. The summed E-state index contributed by atoms with van der Waals surface area (Å²) in [6.07, 6.45) is -0.0511. The van der Waals surface area contributed by atoms with Crippen molar-refractivity contribution in [1.82, 2.24) is 10.4 Å². The van der Waals surface area contributed by atoms with Crippen LogP contribution in [0.25, 0.3) is 0 Å². The highest BCUT2D eigenvalue weighted by Crippen LogP contribution is 2.17. The lowest BCUT2D eigenvalue weighted by Gasteiger charge is -2.11. The summed E-state index contributed by atoms with van der Waals surface area (Å²) in [5, 5.41) is 8.61. The molecule has 1 aromatic heterocycles. The maximum atomic E-state index is 10.8. The van der Waals surface area contributed by atoms with E-state index in [2.05, 4.69) is 15.8 Å². The third-order valence-electron chi connectivity index (χ3n) is 2.63. The number of nitrogens with zero attached hydrogens (tertiary/aromatic N) is 1. The van der Waals surface area contributed by atoms with Gasteiger partial charge in [0, 0.05) is 6.42 Å². The minimum atomic E-state index is -1.20. The summed E-state index contributed by atoms with van der Waals surface area (Å²) in [6.45, 7) is 0. The molecule has 0 aliphatic carbocycles. The average Bonchev–Trinajstić information content (AvgIpc) is 2.46. The molecule has 1 aromatic carbocycles. The van der Waals surface area contributed by atoms with Crippen LogP contribution in [0.15, 0.2) is 42.5 Å². The highest BCUT2D eigenvalue weighted by atomic mass is 16.4. The number of anilines is 1. The third kappa shape index (κ3) is 3.55. The SMILES string of the molecule is O=Cc1ccc(NNC(=O)O)c(Cc2ccccc2)n1. The molecule has 0 radical (unpaired) electrons. The van der Waals surface area contributed by atoms with E-state index in [1.807, 2.05) is 30.3 Å². The molecule has 2 aromatic rings. The lowest BCUT2D eigenvalue weighted by Crippen LogP contribution is -2.28. The minimum absolute atomic E-state index is 0.303. The Morgan fingerprint density at radius 1 is 1.20 bits per heavy atom. The van der Waals surface area contributed by atoms with Crippen LogP contribution in [-0.4, -0.2) is 22.5 Å². The number of rotatable bonds is 5. The molecule has 6 heteroatoms. The van der Waals surface area contributed by atoms with Crippen molar-refractivity contribution in [3.8, 4) is 0 Å². The van der Waals surface area contributed by atoms with Gasteiger partial charge < -0.3 is 5.11 Å². The number of hydrazine groups is 1. The lowest BCUT2D eigenvalue weighted by atomic mass is 10.1. The first kappa shape index (κ1) is 13.5. The van der Waals surface area contributed by atoms with Gasteiger partial charge in [0.05, 0.1) is 11.4 Å². The van der Waals surface area contributed by atoms with E-state index >= 15 is 0 Å². The zero-order valence-electron chi connectivity index (χ0n) is 10.5. The van der Waals surface area contributed by atoms with Crippen LogP contribution in [0.2, 0.25) is 0 Å². The second-order valence-corrected chi connectivity index (χ2v) is 4.07. The molecule has 0 unspecified atom stereocenters. The quantitative estimate of drug-likeness (QED) is 0.572. The zero-order chi connectivity index (χ0) is 14.4. The summed E-state index contributed by atoms with van der Waals surface area (Å²) < 4.78 is 0. The molecule has 2 rings (SSSR count). The van der Waals surface area contributed by atoms with Crippen molar-refractivity contribution in [3.05, 3.63) is 59.4 Å². The second kappa shape index (κ2) is 6.33. The van der Waals surface area contributed by atoms with Crippen LogP contribution in [-0.2, 0) is 6.42 Å². The highest BCUT2D eigenvalue weighted by Gasteiger charge is 2.07. The largest absolute Gasteiger partial charge is 0.464 e. The molecule has 0 atom stereocenters. The van der Waals surface area contributed by atoms with Gasteiger partial charge in [-0.3, -0.25) is 10.2 Å². The maximum Gasteiger partial charge on any atom is 0.423 e. The van der Waals surface area contributed by atoms with E-state index in [1.54, 1.807) is 6.07 Å². The first-order valence-corrected chi connectivity index (χ1v) is 5.93. The van der Waals surface area contributed by atoms with Gasteiger partial charge in [0.25, 0.3) is 0 Å². The number of hydrogen-bond donors (Lipinski definition) is 3. The van der Waals surface area contributed by atoms with Crippen molar-refractivity contribution in [2.75, 3.05) is 5.43 Å². The molecule has 102 valence electrons. The van der Waals surface area contributed by atoms with Crippen LogP contribution in [0, 0.1) is 0 Å². The van der Waals surface area contributed by atoms with Gasteiger partial charge in [0.1, 0.15) is 5.69 Å². The molecule has 0 aliphatic rings. The van der Waals surface area contributed by atoms with Gasteiger partial charge in [-0.2, -0.15) is 0 Å². The molecule has 0 fully saturated rings. The number of amides is 1.